The van der Waals surface area contributed by atoms with Gasteiger partial charge < -0.3 is 10.1 Å². The van der Waals surface area contributed by atoms with Gasteiger partial charge >= 0.3 is 6.18 Å². The van der Waals surface area contributed by atoms with E-state index in [0.717, 1.165) is 31.6 Å². The van der Waals surface area contributed by atoms with Gasteiger partial charge in [0.25, 0.3) is 0 Å². The molecule has 2 saturated heterocycles. The summed E-state index contributed by atoms with van der Waals surface area (Å²) in [6, 6.07) is 5.47. The van der Waals surface area contributed by atoms with Crippen LogP contribution in [0.5, 0.6) is 0 Å². The van der Waals surface area contributed by atoms with E-state index in [0.29, 0.717) is 38.2 Å². The number of ether oxygens (including phenoxy) is 1. The Bertz CT molecular complexity index is 666. The number of carbonyl (C=O) groups is 1. The Morgan fingerprint density at radius 2 is 1.93 bits per heavy atom. The Balaban J connectivity index is 1.80. The molecule has 1 N–H and O–H groups in total. The zero-order valence-corrected chi connectivity index (χ0v) is 16.4. The molecule has 0 radical (unpaired) electrons. The van der Waals surface area contributed by atoms with Crippen molar-refractivity contribution in [3.8, 4) is 0 Å². The topological polar surface area (TPSA) is 41.6 Å². The molecule has 0 bridgehead atoms. The standard InChI is InChI=1S/C21H29F3N2O2/c1-2-18(26-10-3-4-11-26)15-25-19(27)20(8-12-28-13-9-20)16-6-5-7-17(14-16)21(22,23)24/h5-7,14,18H,2-4,8-13,15H2,1H3,(H,25,27)/t18-/m1/s1. The van der Waals surface area contributed by atoms with Crippen LogP contribution in [-0.4, -0.2) is 49.7 Å². The number of rotatable bonds is 6. The Morgan fingerprint density at radius 3 is 2.54 bits per heavy atom. The Morgan fingerprint density at radius 1 is 1.25 bits per heavy atom. The van der Waals surface area contributed by atoms with Crippen LogP contribution in [0.1, 0.15) is 50.2 Å². The number of benzene rings is 1. The molecule has 2 aliphatic heterocycles. The van der Waals surface area contributed by atoms with E-state index < -0.39 is 17.2 Å². The minimum Gasteiger partial charge on any atom is -0.381 e. The molecule has 2 fully saturated rings. The van der Waals surface area contributed by atoms with Gasteiger partial charge in [-0.3, -0.25) is 9.69 Å². The first-order chi connectivity index (χ1) is 13.4. The average Bonchev–Trinajstić information content (AvgIpc) is 3.23. The molecule has 1 atom stereocenters. The van der Waals surface area contributed by atoms with Crippen molar-refractivity contribution >= 4 is 5.91 Å². The van der Waals surface area contributed by atoms with Crippen molar-refractivity contribution in [3.05, 3.63) is 35.4 Å². The van der Waals surface area contributed by atoms with Crippen molar-refractivity contribution in [2.75, 3.05) is 32.8 Å². The molecule has 0 spiro atoms. The summed E-state index contributed by atoms with van der Waals surface area (Å²) in [6.07, 6.45) is -0.366. The number of carbonyl (C=O) groups excluding carboxylic acids is 1. The number of hydrogen-bond acceptors (Lipinski definition) is 3. The maximum absolute atomic E-state index is 13.3. The molecule has 1 amide bonds. The maximum atomic E-state index is 13.3. The number of nitrogens with one attached hydrogen (secondary N) is 1. The van der Waals surface area contributed by atoms with Gasteiger partial charge in [0.1, 0.15) is 0 Å². The average molecular weight is 398 g/mol. The molecule has 0 saturated carbocycles. The molecule has 1 aromatic rings. The summed E-state index contributed by atoms with van der Waals surface area (Å²) in [5, 5.41) is 3.06. The van der Waals surface area contributed by atoms with Gasteiger partial charge in [-0.2, -0.15) is 13.2 Å². The van der Waals surface area contributed by atoms with Gasteiger partial charge in [-0.1, -0.05) is 25.1 Å². The minimum absolute atomic E-state index is 0.187. The van der Waals surface area contributed by atoms with Crippen molar-refractivity contribution in [1.82, 2.24) is 10.2 Å². The molecule has 7 heteroatoms. The highest BCUT2D eigenvalue weighted by Gasteiger charge is 2.43. The van der Waals surface area contributed by atoms with Crippen LogP contribution >= 0.6 is 0 Å². The largest absolute Gasteiger partial charge is 0.416 e. The van der Waals surface area contributed by atoms with E-state index in [1.54, 1.807) is 6.07 Å². The Hall–Kier alpha value is -1.60. The van der Waals surface area contributed by atoms with Crippen molar-refractivity contribution in [3.63, 3.8) is 0 Å². The van der Waals surface area contributed by atoms with Crippen LogP contribution in [0.25, 0.3) is 0 Å². The van der Waals surface area contributed by atoms with E-state index in [2.05, 4.69) is 17.1 Å². The molecular formula is C21H29F3N2O2. The van der Waals surface area contributed by atoms with Gasteiger partial charge in [0.2, 0.25) is 5.91 Å². The lowest BCUT2D eigenvalue weighted by Crippen LogP contribution is -2.51. The number of likely N-dealkylation sites (tertiary alicyclic amines) is 1. The Kier molecular flexibility index (Phi) is 6.65. The molecule has 0 aliphatic carbocycles. The highest BCUT2D eigenvalue weighted by atomic mass is 19.4. The van der Waals surface area contributed by atoms with Gasteiger partial charge in [-0.25, -0.2) is 0 Å². The summed E-state index contributed by atoms with van der Waals surface area (Å²) in [6.45, 7) is 5.45. The van der Waals surface area contributed by atoms with E-state index in [1.807, 2.05) is 0 Å². The summed E-state index contributed by atoms with van der Waals surface area (Å²) in [5.41, 5.74) is -1.26. The van der Waals surface area contributed by atoms with Crippen LogP contribution < -0.4 is 5.32 Å². The van der Waals surface area contributed by atoms with Crippen LogP contribution in [0.2, 0.25) is 0 Å². The summed E-state index contributed by atoms with van der Waals surface area (Å²) in [4.78, 5) is 15.6. The second kappa shape index (κ2) is 8.82. The van der Waals surface area contributed by atoms with Crippen LogP contribution in [-0.2, 0) is 21.1 Å². The van der Waals surface area contributed by atoms with E-state index in [1.165, 1.54) is 18.9 Å². The summed E-state index contributed by atoms with van der Waals surface area (Å²) >= 11 is 0. The molecule has 2 heterocycles. The number of halogens is 3. The Labute approximate surface area is 164 Å². The summed E-state index contributed by atoms with van der Waals surface area (Å²) in [5.74, 6) is -0.187. The van der Waals surface area contributed by atoms with Gasteiger partial charge in [0.15, 0.2) is 0 Å². The summed E-state index contributed by atoms with van der Waals surface area (Å²) < 4.78 is 45.0. The van der Waals surface area contributed by atoms with Gasteiger partial charge in [0, 0.05) is 25.8 Å². The van der Waals surface area contributed by atoms with Gasteiger partial charge in [-0.15, -0.1) is 0 Å². The van der Waals surface area contributed by atoms with Crippen LogP contribution in [0, 0.1) is 0 Å². The van der Waals surface area contributed by atoms with E-state index >= 15 is 0 Å². The summed E-state index contributed by atoms with van der Waals surface area (Å²) in [7, 11) is 0. The van der Waals surface area contributed by atoms with Crippen LogP contribution in [0.3, 0.4) is 0 Å². The molecule has 1 aromatic carbocycles. The maximum Gasteiger partial charge on any atom is 0.416 e. The fourth-order valence-corrected chi connectivity index (χ4v) is 4.38. The third-order valence-corrected chi connectivity index (χ3v) is 6.15. The quantitative estimate of drug-likeness (QED) is 0.794. The molecule has 28 heavy (non-hydrogen) atoms. The lowest BCUT2D eigenvalue weighted by molar-refractivity contribution is -0.138. The second-order valence-electron chi connectivity index (χ2n) is 7.79. The predicted molar refractivity (Wildman–Crippen MR) is 101 cm³/mol. The van der Waals surface area contributed by atoms with Gasteiger partial charge in [0.05, 0.1) is 11.0 Å². The number of hydrogen-bond donors (Lipinski definition) is 1. The zero-order chi connectivity index (χ0) is 20.2. The molecule has 156 valence electrons. The van der Waals surface area contributed by atoms with Crippen molar-refractivity contribution in [1.29, 1.82) is 0 Å². The van der Waals surface area contributed by atoms with Crippen molar-refractivity contribution in [2.24, 2.45) is 0 Å². The lowest BCUT2D eigenvalue weighted by atomic mass is 9.73. The monoisotopic (exact) mass is 398 g/mol. The molecule has 0 unspecified atom stereocenters. The normalized spacial score (nSPS) is 21.4. The first kappa shape index (κ1) is 21.1. The van der Waals surface area contributed by atoms with Crippen LogP contribution in [0.4, 0.5) is 13.2 Å². The van der Waals surface area contributed by atoms with Gasteiger partial charge in [-0.05, 0) is 56.8 Å². The highest BCUT2D eigenvalue weighted by molar-refractivity contribution is 5.88. The fourth-order valence-electron chi connectivity index (χ4n) is 4.38. The van der Waals surface area contributed by atoms with E-state index in [4.69, 9.17) is 4.74 Å². The second-order valence-corrected chi connectivity index (χ2v) is 7.79. The molecule has 2 aliphatic rings. The zero-order valence-electron chi connectivity index (χ0n) is 16.4. The van der Waals surface area contributed by atoms with Crippen molar-refractivity contribution in [2.45, 2.75) is 56.7 Å². The number of amides is 1. The number of alkyl halides is 3. The predicted octanol–water partition coefficient (Wildman–Crippen LogP) is 3.74. The number of nitrogens with zero attached hydrogens (tertiary/aromatic N) is 1. The minimum atomic E-state index is -4.43. The van der Waals surface area contributed by atoms with Crippen molar-refractivity contribution < 1.29 is 22.7 Å². The first-order valence-electron chi connectivity index (χ1n) is 10.1. The SMILES string of the molecule is CC[C@H](CNC(=O)C1(c2cccc(C(F)(F)F)c2)CCOCC1)N1CCCC1. The molecule has 4 nitrogen and oxygen atoms in total. The van der Waals surface area contributed by atoms with Crippen LogP contribution in [0.15, 0.2) is 24.3 Å². The fraction of sp³-hybridized carbons (Fsp3) is 0.667. The highest BCUT2D eigenvalue weighted by Crippen LogP contribution is 2.38. The molecule has 3 rings (SSSR count). The smallest absolute Gasteiger partial charge is 0.381 e. The third kappa shape index (κ3) is 4.51. The van der Waals surface area contributed by atoms with E-state index in [-0.39, 0.29) is 11.9 Å². The lowest BCUT2D eigenvalue weighted by Gasteiger charge is -2.37. The molecule has 0 aromatic heterocycles. The van der Waals surface area contributed by atoms with E-state index in [9.17, 15) is 18.0 Å². The third-order valence-electron chi connectivity index (χ3n) is 6.15. The first-order valence-corrected chi connectivity index (χ1v) is 10.1. The molecular weight excluding hydrogens is 369 g/mol.